The van der Waals surface area contributed by atoms with Crippen molar-refractivity contribution in [1.82, 2.24) is 10.2 Å². The highest BCUT2D eigenvalue weighted by molar-refractivity contribution is 5.76. The monoisotopic (exact) mass is 240 g/mol. The molecule has 17 heavy (non-hydrogen) atoms. The Labute approximate surface area is 106 Å². The number of nitrogens with one attached hydrogen (secondary N) is 1. The van der Waals surface area contributed by atoms with E-state index in [-0.39, 0.29) is 11.0 Å². The van der Waals surface area contributed by atoms with Gasteiger partial charge in [0.25, 0.3) is 0 Å². The van der Waals surface area contributed by atoms with Crippen molar-refractivity contribution in [2.45, 2.75) is 58.9 Å². The first-order chi connectivity index (χ1) is 7.76. The molecule has 0 saturated carbocycles. The molecule has 0 aromatic heterocycles. The summed E-state index contributed by atoms with van der Waals surface area (Å²) in [5.74, 6) is 0.332. The number of hydrogen-bond acceptors (Lipinski definition) is 2. The van der Waals surface area contributed by atoms with E-state index in [2.05, 4.69) is 33.0 Å². The molecule has 0 aromatic rings. The van der Waals surface area contributed by atoms with Crippen LogP contribution in [0.3, 0.4) is 0 Å². The minimum atomic E-state index is 0.223. The van der Waals surface area contributed by atoms with Gasteiger partial charge in [-0.25, -0.2) is 0 Å². The van der Waals surface area contributed by atoms with E-state index in [0.717, 1.165) is 32.4 Å². The average Bonchev–Trinajstić information content (AvgIpc) is 2.26. The first-order valence-electron chi connectivity index (χ1n) is 6.72. The first kappa shape index (κ1) is 14.5. The van der Waals surface area contributed by atoms with Crippen LogP contribution in [0.5, 0.6) is 0 Å². The summed E-state index contributed by atoms with van der Waals surface area (Å²) in [7, 11) is 2.01. The zero-order valence-corrected chi connectivity index (χ0v) is 12.1. The average molecular weight is 240 g/mol. The second-order valence-electron chi connectivity index (χ2n) is 6.75. The van der Waals surface area contributed by atoms with Crippen molar-refractivity contribution in [2.24, 2.45) is 5.41 Å². The number of carbonyl (C=O) groups is 1. The predicted octanol–water partition coefficient (Wildman–Crippen LogP) is 2.41. The van der Waals surface area contributed by atoms with Gasteiger partial charge in [-0.1, -0.05) is 20.8 Å². The van der Waals surface area contributed by atoms with Crippen molar-refractivity contribution in [3.8, 4) is 0 Å². The molecule has 1 aliphatic heterocycles. The van der Waals surface area contributed by atoms with Gasteiger partial charge in [-0.05, 0) is 38.6 Å². The number of piperidine rings is 1. The summed E-state index contributed by atoms with van der Waals surface area (Å²) in [6.07, 6.45) is 3.79. The van der Waals surface area contributed by atoms with Gasteiger partial charge in [0, 0.05) is 25.0 Å². The highest BCUT2D eigenvalue weighted by Gasteiger charge is 2.30. The number of rotatable bonds is 3. The van der Waals surface area contributed by atoms with Crippen LogP contribution in [-0.2, 0) is 4.79 Å². The Morgan fingerprint density at radius 1 is 1.29 bits per heavy atom. The van der Waals surface area contributed by atoms with Gasteiger partial charge in [0.05, 0.1) is 0 Å². The number of likely N-dealkylation sites (tertiary alicyclic amines) is 1. The van der Waals surface area contributed by atoms with Crippen LogP contribution in [0.15, 0.2) is 0 Å². The van der Waals surface area contributed by atoms with Gasteiger partial charge < -0.3 is 10.2 Å². The van der Waals surface area contributed by atoms with E-state index in [1.807, 2.05) is 11.9 Å². The fourth-order valence-corrected chi connectivity index (χ4v) is 2.14. The molecule has 1 heterocycles. The molecule has 1 fully saturated rings. The van der Waals surface area contributed by atoms with E-state index in [1.165, 1.54) is 0 Å². The summed E-state index contributed by atoms with van der Waals surface area (Å²) in [4.78, 5) is 14.1. The molecule has 1 aliphatic rings. The van der Waals surface area contributed by atoms with E-state index in [9.17, 15) is 4.79 Å². The van der Waals surface area contributed by atoms with Crippen LogP contribution in [0, 0.1) is 5.41 Å². The molecular formula is C14H28N2O. The lowest BCUT2D eigenvalue weighted by Crippen LogP contribution is -2.51. The Kier molecular flexibility index (Phi) is 4.59. The lowest BCUT2D eigenvalue weighted by atomic mass is 9.88. The summed E-state index contributed by atoms with van der Waals surface area (Å²) in [6.45, 7) is 10.6. The van der Waals surface area contributed by atoms with Crippen molar-refractivity contribution in [1.29, 1.82) is 0 Å². The zero-order valence-electron chi connectivity index (χ0n) is 12.1. The Bertz CT molecular complexity index is 260. The van der Waals surface area contributed by atoms with Gasteiger partial charge in [0.1, 0.15) is 0 Å². The topological polar surface area (TPSA) is 32.3 Å². The second kappa shape index (κ2) is 5.38. The smallest absolute Gasteiger partial charge is 0.222 e. The van der Waals surface area contributed by atoms with E-state index >= 15 is 0 Å². The van der Waals surface area contributed by atoms with E-state index in [1.54, 1.807) is 0 Å². The molecule has 3 heteroatoms. The van der Waals surface area contributed by atoms with Crippen molar-refractivity contribution >= 4 is 5.91 Å². The van der Waals surface area contributed by atoms with E-state index in [4.69, 9.17) is 0 Å². The van der Waals surface area contributed by atoms with Gasteiger partial charge in [0.15, 0.2) is 0 Å². The summed E-state index contributed by atoms with van der Waals surface area (Å²) in [6, 6.07) is 0. The number of amides is 1. The van der Waals surface area contributed by atoms with Crippen LogP contribution in [0.1, 0.15) is 53.4 Å². The van der Waals surface area contributed by atoms with Crippen molar-refractivity contribution in [3.63, 3.8) is 0 Å². The summed E-state index contributed by atoms with van der Waals surface area (Å²) < 4.78 is 0. The first-order valence-corrected chi connectivity index (χ1v) is 6.72. The summed E-state index contributed by atoms with van der Waals surface area (Å²) >= 11 is 0. The van der Waals surface area contributed by atoms with Gasteiger partial charge in [-0.2, -0.15) is 0 Å². The Morgan fingerprint density at radius 2 is 1.82 bits per heavy atom. The van der Waals surface area contributed by atoms with Crippen LogP contribution < -0.4 is 5.32 Å². The third-order valence-electron chi connectivity index (χ3n) is 3.91. The van der Waals surface area contributed by atoms with E-state index < -0.39 is 0 Å². The van der Waals surface area contributed by atoms with Crippen LogP contribution in [0.4, 0.5) is 0 Å². The lowest BCUT2D eigenvalue weighted by Gasteiger charge is -2.39. The van der Waals surface area contributed by atoms with Crippen molar-refractivity contribution in [2.75, 3.05) is 20.1 Å². The third kappa shape index (κ3) is 4.66. The molecule has 1 rings (SSSR count). The molecule has 3 nitrogen and oxygen atoms in total. The molecule has 0 bridgehead atoms. The minimum absolute atomic E-state index is 0.223. The van der Waals surface area contributed by atoms with Gasteiger partial charge in [0.2, 0.25) is 5.91 Å². The van der Waals surface area contributed by atoms with Gasteiger partial charge in [-0.15, -0.1) is 0 Å². The molecule has 1 amide bonds. The maximum absolute atomic E-state index is 12.0. The lowest BCUT2D eigenvalue weighted by molar-refractivity contribution is -0.133. The molecule has 0 aliphatic carbocycles. The zero-order chi connectivity index (χ0) is 13.1. The maximum Gasteiger partial charge on any atom is 0.222 e. The largest absolute Gasteiger partial charge is 0.343 e. The Hall–Kier alpha value is -0.570. The minimum Gasteiger partial charge on any atom is -0.343 e. The maximum atomic E-state index is 12.0. The Morgan fingerprint density at radius 3 is 2.24 bits per heavy atom. The van der Waals surface area contributed by atoms with Crippen LogP contribution >= 0.6 is 0 Å². The molecule has 0 aromatic carbocycles. The third-order valence-corrected chi connectivity index (χ3v) is 3.91. The van der Waals surface area contributed by atoms with Gasteiger partial charge >= 0.3 is 0 Å². The van der Waals surface area contributed by atoms with Gasteiger partial charge in [-0.3, -0.25) is 4.79 Å². The molecule has 100 valence electrons. The van der Waals surface area contributed by atoms with Crippen molar-refractivity contribution < 1.29 is 4.79 Å². The quantitative estimate of drug-likeness (QED) is 0.821. The number of hydrogen-bond donors (Lipinski definition) is 1. The van der Waals surface area contributed by atoms with E-state index in [0.29, 0.717) is 12.3 Å². The molecule has 0 spiro atoms. The molecular weight excluding hydrogens is 212 g/mol. The molecule has 0 atom stereocenters. The highest BCUT2D eigenvalue weighted by atomic mass is 16.2. The van der Waals surface area contributed by atoms with Crippen LogP contribution in [0.2, 0.25) is 0 Å². The number of nitrogens with zero attached hydrogens (tertiary/aromatic N) is 1. The fraction of sp³-hybridized carbons (Fsp3) is 0.929. The molecule has 0 unspecified atom stereocenters. The second-order valence-corrected chi connectivity index (χ2v) is 6.75. The predicted molar refractivity (Wildman–Crippen MR) is 72.0 cm³/mol. The summed E-state index contributed by atoms with van der Waals surface area (Å²) in [5.41, 5.74) is 0.478. The SMILES string of the molecule is CNC1(C)CCN(C(=O)CCC(C)(C)C)CC1. The van der Waals surface area contributed by atoms with Crippen molar-refractivity contribution in [3.05, 3.63) is 0 Å². The number of carbonyl (C=O) groups excluding carboxylic acids is 1. The molecule has 1 N–H and O–H groups in total. The fourth-order valence-electron chi connectivity index (χ4n) is 2.14. The molecule has 0 radical (unpaired) electrons. The van der Waals surface area contributed by atoms with Crippen LogP contribution in [0.25, 0.3) is 0 Å². The standard InChI is InChI=1S/C14H28N2O/c1-13(2,3)7-6-12(17)16-10-8-14(4,15-5)9-11-16/h15H,6-11H2,1-5H3. The summed E-state index contributed by atoms with van der Waals surface area (Å²) in [5, 5.41) is 3.36. The Balaban J connectivity index is 2.36. The highest BCUT2D eigenvalue weighted by Crippen LogP contribution is 2.24. The normalized spacial score (nSPS) is 20.4. The molecule has 1 saturated heterocycles. The van der Waals surface area contributed by atoms with Crippen LogP contribution in [-0.4, -0.2) is 36.5 Å².